The molecule has 1 aliphatic rings. The van der Waals surface area contributed by atoms with E-state index in [9.17, 15) is 12.8 Å². The number of benzene rings is 1. The highest BCUT2D eigenvalue weighted by Crippen LogP contribution is 2.29. The van der Waals surface area contributed by atoms with Crippen LogP contribution in [0.4, 0.5) is 10.1 Å². The molecule has 0 spiro atoms. The van der Waals surface area contributed by atoms with Gasteiger partial charge in [0.05, 0.1) is 11.0 Å². The molecular weight excluding hydrogens is 365 g/mol. The van der Waals surface area contributed by atoms with Crippen LogP contribution in [0.5, 0.6) is 0 Å². The molecule has 0 bridgehead atoms. The first kappa shape index (κ1) is 14.4. The van der Waals surface area contributed by atoms with Crippen LogP contribution in [0.2, 0.25) is 0 Å². The smallest absolute Gasteiger partial charge is 0.246 e. The summed E-state index contributed by atoms with van der Waals surface area (Å²) in [4.78, 5) is -0.442. The molecule has 21 heavy (non-hydrogen) atoms. The van der Waals surface area contributed by atoms with Crippen LogP contribution in [-0.2, 0) is 23.1 Å². The maximum absolute atomic E-state index is 14.1. The lowest BCUT2D eigenvalue weighted by Gasteiger charge is -2.26. The van der Waals surface area contributed by atoms with Gasteiger partial charge in [-0.3, -0.25) is 0 Å². The molecule has 10 heteroatoms. The van der Waals surface area contributed by atoms with Crippen molar-refractivity contribution in [3.8, 4) is 0 Å². The number of hydrogen-bond acceptors (Lipinski definition) is 5. The van der Waals surface area contributed by atoms with E-state index in [1.165, 1.54) is 16.7 Å². The van der Waals surface area contributed by atoms with Crippen LogP contribution in [0, 0.1) is 5.82 Å². The Hall–Kier alpha value is -1.52. The molecule has 0 unspecified atom stereocenters. The quantitative estimate of drug-likeness (QED) is 0.789. The fraction of sp³-hybridized carbons (Fsp3) is 0.273. The molecule has 0 saturated carbocycles. The van der Waals surface area contributed by atoms with Crippen LogP contribution in [0.25, 0.3) is 0 Å². The minimum atomic E-state index is -3.99. The van der Waals surface area contributed by atoms with E-state index in [-0.39, 0.29) is 23.2 Å². The van der Waals surface area contributed by atoms with Gasteiger partial charge < -0.3 is 10.3 Å². The number of hydrogen-bond donors (Lipinski definition) is 1. The zero-order valence-electron chi connectivity index (χ0n) is 10.7. The first-order chi connectivity index (χ1) is 9.89. The van der Waals surface area contributed by atoms with E-state index in [0.717, 1.165) is 6.07 Å². The van der Waals surface area contributed by atoms with Gasteiger partial charge in [-0.25, -0.2) is 12.8 Å². The summed E-state index contributed by atoms with van der Waals surface area (Å²) in [6, 6.07) is 2.44. The lowest BCUT2D eigenvalue weighted by molar-refractivity contribution is 0.334. The Labute approximate surface area is 128 Å². The van der Waals surface area contributed by atoms with Crippen molar-refractivity contribution in [2.24, 2.45) is 0 Å². The Kier molecular flexibility index (Phi) is 3.46. The number of rotatable bonds is 2. The highest BCUT2D eigenvalue weighted by atomic mass is 79.9. The third-order valence-corrected chi connectivity index (χ3v) is 5.66. The molecule has 0 radical (unpaired) electrons. The van der Waals surface area contributed by atoms with E-state index in [1.807, 2.05) is 0 Å². The predicted octanol–water partition coefficient (Wildman–Crippen LogP) is 0.966. The number of nitrogen functional groups attached to an aromatic ring is 1. The minimum Gasteiger partial charge on any atom is -0.399 e. The van der Waals surface area contributed by atoms with Crippen molar-refractivity contribution in [1.29, 1.82) is 0 Å². The molecule has 1 aromatic carbocycles. The summed E-state index contributed by atoms with van der Waals surface area (Å²) in [7, 11) is -3.99. The minimum absolute atomic E-state index is 0.0150. The Morgan fingerprint density at radius 2 is 2.10 bits per heavy atom. The fourth-order valence-electron chi connectivity index (χ4n) is 2.16. The Bertz CT molecular complexity index is 807. The van der Waals surface area contributed by atoms with Gasteiger partial charge in [-0.1, -0.05) is 0 Å². The summed E-state index contributed by atoms with van der Waals surface area (Å²) < 4.78 is 42.3. The molecule has 1 aromatic heterocycles. The maximum atomic E-state index is 14.1. The van der Waals surface area contributed by atoms with Gasteiger partial charge in [0.1, 0.15) is 17.0 Å². The number of halogens is 2. The van der Waals surface area contributed by atoms with Crippen LogP contribution in [0.15, 0.2) is 27.8 Å². The van der Waals surface area contributed by atoms with Crippen LogP contribution in [0.1, 0.15) is 5.82 Å². The number of fused-ring (bicyclic) bond motifs is 1. The summed E-state index contributed by atoms with van der Waals surface area (Å²) in [5.41, 5.74) is 5.78. The molecule has 7 nitrogen and oxygen atoms in total. The van der Waals surface area contributed by atoms with Crippen LogP contribution >= 0.6 is 15.9 Å². The van der Waals surface area contributed by atoms with Crippen molar-refractivity contribution >= 4 is 31.6 Å². The number of nitrogens with zero attached hydrogens (tertiary/aromatic N) is 4. The van der Waals surface area contributed by atoms with Gasteiger partial charge in [0.25, 0.3) is 0 Å². The molecule has 0 aliphatic carbocycles. The monoisotopic (exact) mass is 375 g/mol. The number of nitrogens with two attached hydrogens (primary N) is 1. The van der Waals surface area contributed by atoms with Gasteiger partial charge in [-0.05, 0) is 28.1 Å². The van der Waals surface area contributed by atoms with Gasteiger partial charge >= 0.3 is 0 Å². The van der Waals surface area contributed by atoms with E-state index in [2.05, 4.69) is 26.1 Å². The zero-order valence-corrected chi connectivity index (χ0v) is 13.1. The number of sulfonamides is 1. The molecule has 2 N–H and O–H groups in total. The van der Waals surface area contributed by atoms with Crippen molar-refractivity contribution in [3.63, 3.8) is 0 Å². The van der Waals surface area contributed by atoms with Gasteiger partial charge in [0, 0.05) is 18.8 Å². The highest BCUT2D eigenvalue weighted by molar-refractivity contribution is 9.10. The van der Waals surface area contributed by atoms with Gasteiger partial charge in [0.15, 0.2) is 5.82 Å². The molecule has 0 atom stereocenters. The molecule has 0 fully saturated rings. The highest BCUT2D eigenvalue weighted by Gasteiger charge is 2.32. The average molecular weight is 376 g/mol. The Morgan fingerprint density at radius 3 is 2.86 bits per heavy atom. The molecule has 2 heterocycles. The largest absolute Gasteiger partial charge is 0.399 e. The van der Waals surface area contributed by atoms with E-state index in [4.69, 9.17) is 5.73 Å². The van der Waals surface area contributed by atoms with Crippen molar-refractivity contribution in [3.05, 3.63) is 34.6 Å². The summed E-state index contributed by atoms with van der Waals surface area (Å²) in [5.74, 6) is -0.329. The second kappa shape index (κ2) is 5.04. The molecular formula is C11H11BrFN5O2S. The maximum Gasteiger partial charge on any atom is 0.246 e. The van der Waals surface area contributed by atoms with Crippen molar-refractivity contribution in [2.45, 2.75) is 18.0 Å². The van der Waals surface area contributed by atoms with Gasteiger partial charge in [-0.15, -0.1) is 10.2 Å². The first-order valence-corrected chi connectivity index (χ1v) is 8.24. The SMILES string of the molecule is Nc1cc(Br)c(F)c(S(=O)(=O)N2CCn3cnnc3C2)c1. The van der Waals surface area contributed by atoms with E-state index < -0.39 is 20.7 Å². The van der Waals surface area contributed by atoms with Crippen LogP contribution < -0.4 is 5.73 Å². The normalized spacial score (nSPS) is 15.9. The Balaban J connectivity index is 2.03. The molecule has 3 rings (SSSR count). The second-order valence-electron chi connectivity index (χ2n) is 4.59. The summed E-state index contributed by atoms with van der Waals surface area (Å²) >= 11 is 2.97. The third-order valence-electron chi connectivity index (χ3n) is 3.24. The van der Waals surface area contributed by atoms with Crippen molar-refractivity contribution in [2.75, 3.05) is 12.3 Å². The van der Waals surface area contributed by atoms with E-state index in [1.54, 1.807) is 4.57 Å². The van der Waals surface area contributed by atoms with Crippen molar-refractivity contribution in [1.82, 2.24) is 19.1 Å². The standard InChI is InChI=1S/C11H11BrFN5O2S/c12-8-3-7(14)4-9(11(8)13)21(19,20)18-2-1-17-6-15-16-10(17)5-18/h3-4,6H,1-2,5,14H2. The lowest BCUT2D eigenvalue weighted by Crippen LogP contribution is -2.38. The molecule has 0 amide bonds. The molecule has 112 valence electrons. The van der Waals surface area contributed by atoms with Crippen molar-refractivity contribution < 1.29 is 12.8 Å². The van der Waals surface area contributed by atoms with Crippen LogP contribution in [0.3, 0.4) is 0 Å². The van der Waals surface area contributed by atoms with Gasteiger partial charge in [-0.2, -0.15) is 4.31 Å². The van der Waals surface area contributed by atoms with E-state index in [0.29, 0.717) is 12.4 Å². The number of anilines is 1. The predicted molar refractivity (Wildman–Crippen MR) is 76.1 cm³/mol. The third kappa shape index (κ3) is 2.43. The summed E-state index contributed by atoms with van der Waals surface area (Å²) in [6.07, 6.45) is 1.54. The number of aromatic nitrogens is 3. The Morgan fingerprint density at radius 1 is 1.33 bits per heavy atom. The molecule has 0 saturated heterocycles. The molecule has 1 aliphatic heterocycles. The lowest BCUT2D eigenvalue weighted by atomic mass is 10.3. The average Bonchev–Trinajstić information content (AvgIpc) is 2.89. The van der Waals surface area contributed by atoms with Crippen LogP contribution in [-0.4, -0.2) is 34.0 Å². The fourth-order valence-corrected chi connectivity index (χ4v) is 4.28. The van der Waals surface area contributed by atoms with E-state index >= 15 is 0 Å². The second-order valence-corrected chi connectivity index (χ2v) is 7.35. The summed E-state index contributed by atoms with van der Waals surface area (Å²) in [6.45, 7) is 0.695. The molecule has 2 aromatic rings. The first-order valence-electron chi connectivity index (χ1n) is 6.01. The zero-order chi connectivity index (χ0) is 15.2. The summed E-state index contributed by atoms with van der Waals surface area (Å²) in [5, 5.41) is 7.58. The van der Waals surface area contributed by atoms with Gasteiger partial charge in [0.2, 0.25) is 10.0 Å². The topological polar surface area (TPSA) is 94.1 Å².